The zero-order chi connectivity index (χ0) is 19.1. The highest BCUT2D eigenvalue weighted by Gasteiger charge is 2.33. The second-order valence-electron chi connectivity index (χ2n) is 5.96. The molecule has 0 heterocycles. The van der Waals surface area contributed by atoms with Gasteiger partial charge >= 0.3 is 6.18 Å². The number of halogens is 4. The average Bonchev–Trinajstić information content (AvgIpc) is 3.02. The molecule has 1 aliphatic rings. The van der Waals surface area contributed by atoms with E-state index in [0.29, 0.717) is 12.0 Å². The second kappa shape index (κ2) is 6.59. The number of allylic oxidation sites excluding steroid dienone is 4. The van der Waals surface area contributed by atoms with E-state index >= 15 is 0 Å². The zero-order valence-corrected chi connectivity index (χ0v) is 15.2. The van der Waals surface area contributed by atoms with Crippen LogP contribution in [0.25, 0.3) is 11.1 Å². The molecule has 1 aliphatic carbocycles. The molecule has 2 aromatic carbocycles. The lowest BCUT2D eigenvalue weighted by atomic mass is 9.94. The van der Waals surface area contributed by atoms with Crippen molar-refractivity contribution in [1.29, 1.82) is 0 Å². The van der Waals surface area contributed by atoms with E-state index in [1.165, 1.54) is 24.3 Å². The molecule has 0 atom stereocenters. The predicted molar refractivity (Wildman–Crippen MR) is 96.6 cm³/mol. The zero-order valence-electron chi connectivity index (χ0n) is 13.6. The van der Waals surface area contributed by atoms with Crippen molar-refractivity contribution in [3.05, 3.63) is 76.3 Å². The molecule has 0 saturated heterocycles. The van der Waals surface area contributed by atoms with E-state index < -0.39 is 21.6 Å². The Morgan fingerprint density at radius 2 is 1.46 bits per heavy atom. The maximum absolute atomic E-state index is 12.9. The second-order valence-corrected chi connectivity index (χ2v) is 8.38. The molecule has 2 aromatic rings. The minimum absolute atomic E-state index is 0.211. The fourth-order valence-electron chi connectivity index (χ4n) is 2.86. The molecule has 136 valence electrons. The molecule has 0 amide bonds. The van der Waals surface area contributed by atoms with E-state index in [4.69, 9.17) is 11.6 Å². The van der Waals surface area contributed by atoms with Crippen LogP contribution in [0, 0.1) is 0 Å². The number of benzene rings is 2. The molecule has 26 heavy (non-hydrogen) atoms. The summed E-state index contributed by atoms with van der Waals surface area (Å²) in [6.45, 7) is 0. The van der Waals surface area contributed by atoms with Crippen LogP contribution in [0.2, 0.25) is 5.02 Å². The van der Waals surface area contributed by atoms with Crippen LogP contribution in [-0.2, 0) is 16.0 Å². The highest BCUT2D eigenvalue weighted by molar-refractivity contribution is 7.90. The van der Waals surface area contributed by atoms with E-state index in [2.05, 4.69) is 0 Å². The van der Waals surface area contributed by atoms with Crippen molar-refractivity contribution in [2.45, 2.75) is 17.5 Å². The number of hydrogen-bond donors (Lipinski definition) is 0. The number of sulfone groups is 1. The maximum Gasteiger partial charge on any atom is 0.417 e. The monoisotopic (exact) mass is 398 g/mol. The van der Waals surface area contributed by atoms with Gasteiger partial charge in [-0.3, -0.25) is 0 Å². The molecular formula is C19H14ClF3O2S. The van der Waals surface area contributed by atoms with Crippen LogP contribution >= 0.6 is 11.6 Å². The van der Waals surface area contributed by atoms with Crippen LogP contribution in [0.4, 0.5) is 13.2 Å². The molecule has 0 saturated carbocycles. The smallest absolute Gasteiger partial charge is 0.224 e. The molecule has 0 aromatic heterocycles. The predicted octanol–water partition coefficient (Wildman–Crippen LogP) is 5.63. The SMILES string of the molecule is CS(=O)(=O)c1ccc(C2=CCC=C2c2ccc(C(F)(F)F)c(Cl)c2)cc1. The van der Waals surface area contributed by atoms with Gasteiger partial charge in [-0.05, 0) is 53.0 Å². The van der Waals surface area contributed by atoms with Gasteiger partial charge in [0.25, 0.3) is 0 Å². The molecule has 7 heteroatoms. The Morgan fingerprint density at radius 3 is 1.96 bits per heavy atom. The number of alkyl halides is 3. The van der Waals surface area contributed by atoms with E-state index in [0.717, 1.165) is 29.0 Å². The van der Waals surface area contributed by atoms with Crippen LogP contribution in [0.3, 0.4) is 0 Å². The van der Waals surface area contributed by atoms with Gasteiger partial charge in [-0.2, -0.15) is 13.2 Å². The Morgan fingerprint density at radius 1 is 0.923 bits per heavy atom. The van der Waals surface area contributed by atoms with Gasteiger partial charge in [0.2, 0.25) is 0 Å². The van der Waals surface area contributed by atoms with Crippen molar-refractivity contribution in [2.24, 2.45) is 0 Å². The lowest BCUT2D eigenvalue weighted by Gasteiger charge is -2.13. The summed E-state index contributed by atoms with van der Waals surface area (Å²) in [5, 5.41) is -0.352. The van der Waals surface area contributed by atoms with Gasteiger partial charge in [0.15, 0.2) is 9.84 Å². The summed E-state index contributed by atoms with van der Waals surface area (Å²) in [6.07, 6.45) is 1.11. The standard InChI is InChI=1S/C19H14ClF3O2S/c1-26(24,25)14-8-5-12(6-9-14)15-3-2-4-16(15)13-7-10-17(18(20)11-13)19(21,22)23/h3-11H,2H2,1H3. The molecule has 0 unspecified atom stereocenters. The Labute approximate surface area is 154 Å². The normalized spacial score (nSPS) is 15.0. The molecule has 0 fully saturated rings. The van der Waals surface area contributed by atoms with E-state index in [-0.39, 0.29) is 9.92 Å². The van der Waals surface area contributed by atoms with E-state index in [1.807, 2.05) is 12.2 Å². The minimum atomic E-state index is -4.50. The number of rotatable bonds is 3. The van der Waals surface area contributed by atoms with Gasteiger partial charge in [-0.15, -0.1) is 0 Å². The molecular weight excluding hydrogens is 385 g/mol. The Bertz CT molecular complexity index is 1020. The third kappa shape index (κ3) is 3.71. The fourth-order valence-corrected chi connectivity index (χ4v) is 3.77. The Balaban J connectivity index is 1.95. The molecule has 0 bridgehead atoms. The first-order valence-electron chi connectivity index (χ1n) is 7.65. The van der Waals surface area contributed by atoms with Crippen LogP contribution in [0.5, 0.6) is 0 Å². The lowest BCUT2D eigenvalue weighted by Crippen LogP contribution is -2.06. The van der Waals surface area contributed by atoms with Crippen molar-refractivity contribution in [2.75, 3.05) is 6.26 Å². The quantitative estimate of drug-likeness (QED) is 0.671. The third-order valence-corrected chi connectivity index (χ3v) is 5.55. The molecule has 3 rings (SSSR count). The van der Waals surface area contributed by atoms with Crippen LogP contribution in [-0.4, -0.2) is 14.7 Å². The van der Waals surface area contributed by atoms with Gasteiger partial charge in [-0.25, -0.2) is 8.42 Å². The summed E-state index contributed by atoms with van der Waals surface area (Å²) in [5.74, 6) is 0. The third-order valence-electron chi connectivity index (χ3n) is 4.11. The van der Waals surface area contributed by atoms with Gasteiger partial charge < -0.3 is 0 Å². The summed E-state index contributed by atoms with van der Waals surface area (Å²) in [6, 6.07) is 10.1. The Hall–Kier alpha value is -2.05. The lowest BCUT2D eigenvalue weighted by molar-refractivity contribution is -0.137. The summed E-state index contributed by atoms with van der Waals surface area (Å²) < 4.78 is 61.8. The van der Waals surface area contributed by atoms with Gasteiger partial charge in [0.05, 0.1) is 15.5 Å². The summed E-state index contributed by atoms with van der Waals surface area (Å²) in [7, 11) is -3.29. The van der Waals surface area contributed by atoms with Crippen LogP contribution in [0.15, 0.2) is 59.5 Å². The first-order valence-corrected chi connectivity index (χ1v) is 9.92. The summed E-state index contributed by atoms with van der Waals surface area (Å²) in [4.78, 5) is 0.211. The number of hydrogen-bond acceptors (Lipinski definition) is 2. The van der Waals surface area contributed by atoms with Crippen molar-refractivity contribution in [3.63, 3.8) is 0 Å². The topological polar surface area (TPSA) is 34.1 Å². The molecule has 0 radical (unpaired) electrons. The van der Waals surface area contributed by atoms with Crippen LogP contribution in [0.1, 0.15) is 23.1 Å². The van der Waals surface area contributed by atoms with Crippen molar-refractivity contribution < 1.29 is 21.6 Å². The molecule has 2 nitrogen and oxygen atoms in total. The summed E-state index contributed by atoms with van der Waals surface area (Å²) >= 11 is 5.82. The van der Waals surface area contributed by atoms with Crippen molar-refractivity contribution in [1.82, 2.24) is 0 Å². The summed E-state index contributed by atoms with van der Waals surface area (Å²) in [5.41, 5.74) is 2.11. The fraction of sp³-hybridized carbons (Fsp3) is 0.158. The minimum Gasteiger partial charge on any atom is -0.224 e. The van der Waals surface area contributed by atoms with Gasteiger partial charge in [0, 0.05) is 6.26 Å². The van der Waals surface area contributed by atoms with Crippen molar-refractivity contribution >= 4 is 32.6 Å². The van der Waals surface area contributed by atoms with Crippen LogP contribution < -0.4 is 0 Å². The average molecular weight is 399 g/mol. The van der Waals surface area contributed by atoms with Gasteiger partial charge in [-0.1, -0.05) is 42.0 Å². The first kappa shape index (κ1) is 18.7. The molecule has 0 aliphatic heterocycles. The molecule has 0 spiro atoms. The van der Waals surface area contributed by atoms with Crippen molar-refractivity contribution in [3.8, 4) is 0 Å². The van der Waals surface area contributed by atoms with E-state index in [9.17, 15) is 21.6 Å². The highest BCUT2D eigenvalue weighted by atomic mass is 35.5. The largest absolute Gasteiger partial charge is 0.417 e. The van der Waals surface area contributed by atoms with E-state index in [1.54, 1.807) is 12.1 Å². The highest BCUT2D eigenvalue weighted by Crippen LogP contribution is 2.40. The molecule has 0 N–H and O–H groups in total. The van der Waals surface area contributed by atoms with Gasteiger partial charge in [0.1, 0.15) is 0 Å². The Kier molecular flexibility index (Phi) is 4.75. The first-order chi connectivity index (χ1) is 12.1. The maximum atomic E-state index is 12.9.